The second kappa shape index (κ2) is 10.0. The molecule has 0 aliphatic carbocycles. The standard InChI is InChI=1S/C4H12N.C2H4O2.H2O.Zn/c1-5(2,3)4;1-2(3)4;;/h1-4H3;1H3,(H,3,4);1H2;/q+1;;;. The van der Waals surface area contributed by atoms with Gasteiger partial charge in [0, 0.05) is 26.4 Å². The Hall–Kier alpha value is 0.0134. The zero-order valence-electron chi connectivity index (χ0n) is 8.01. The second-order valence-electron chi connectivity index (χ2n) is 3.20. The van der Waals surface area contributed by atoms with Gasteiger partial charge >= 0.3 is 0 Å². The van der Waals surface area contributed by atoms with E-state index < -0.39 is 5.97 Å². The first-order valence-electron chi connectivity index (χ1n) is 2.72. The fourth-order valence-electron chi connectivity index (χ4n) is 0. The molecule has 0 aromatic rings. The van der Waals surface area contributed by atoms with E-state index in [2.05, 4.69) is 28.2 Å². The van der Waals surface area contributed by atoms with Crippen molar-refractivity contribution in [3.05, 3.63) is 0 Å². The monoisotopic (exact) mass is 216 g/mol. The van der Waals surface area contributed by atoms with Crippen LogP contribution in [0.2, 0.25) is 0 Å². The number of aliphatic carboxylic acids is 1. The van der Waals surface area contributed by atoms with Gasteiger partial charge in [-0.2, -0.15) is 0 Å². The van der Waals surface area contributed by atoms with Crippen LogP contribution in [0.1, 0.15) is 6.92 Å². The first-order valence-corrected chi connectivity index (χ1v) is 2.72. The predicted octanol–water partition coefficient (Wildman–Crippen LogP) is -0.414. The van der Waals surface area contributed by atoms with Crippen molar-refractivity contribution in [1.82, 2.24) is 0 Å². The number of hydrogen-bond donors (Lipinski definition) is 1. The second-order valence-corrected chi connectivity index (χ2v) is 3.20. The average Bonchev–Trinajstić information content (AvgIpc) is 1.19. The zero-order valence-corrected chi connectivity index (χ0v) is 11.0. The number of carboxylic acids is 1. The van der Waals surface area contributed by atoms with Crippen LogP contribution in [-0.2, 0) is 24.3 Å². The average molecular weight is 218 g/mol. The number of nitrogens with zero attached hydrogens (tertiary/aromatic N) is 1. The number of rotatable bonds is 0. The van der Waals surface area contributed by atoms with E-state index in [9.17, 15) is 0 Å². The molecule has 0 aromatic heterocycles. The third-order valence-electron chi connectivity index (χ3n) is 0. The van der Waals surface area contributed by atoms with Gasteiger partial charge in [-0.1, -0.05) is 0 Å². The molecular formula is C6H18NO3Zn+. The Balaban J connectivity index is -0.0000000383. The first-order chi connectivity index (χ1) is 3.73. The van der Waals surface area contributed by atoms with Gasteiger partial charge in [-0.25, -0.2) is 0 Å². The van der Waals surface area contributed by atoms with Crippen LogP contribution in [0, 0.1) is 0 Å². The van der Waals surface area contributed by atoms with Crippen molar-refractivity contribution < 1.29 is 39.3 Å². The molecule has 0 aliphatic heterocycles. The molecule has 4 nitrogen and oxygen atoms in total. The molecule has 0 spiro atoms. The number of quaternary nitrogens is 1. The largest absolute Gasteiger partial charge is 0.481 e. The predicted molar refractivity (Wildman–Crippen MR) is 40.9 cm³/mol. The van der Waals surface area contributed by atoms with Crippen LogP contribution < -0.4 is 0 Å². The van der Waals surface area contributed by atoms with Crippen molar-refractivity contribution in [2.24, 2.45) is 0 Å². The molecule has 0 atom stereocenters. The number of carbonyl (C=O) groups is 1. The van der Waals surface area contributed by atoms with Crippen LogP contribution in [0.25, 0.3) is 0 Å². The minimum atomic E-state index is -0.833. The van der Waals surface area contributed by atoms with Crippen molar-refractivity contribution in [2.75, 3.05) is 28.2 Å². The molecule has 0 saturated heterocycles. The molecular weight excluding hydrogens is 199 g/mol. The van der Waals surface area contributed by atoms with Crippen LogP contribution in [0.3, 0.4) is 0 Å². The molecule has 0 rings (SSSR count). The van der Waals surface area contributed by atoms with Crippen molar-refractivity contribution in [3.63, 3.8) is 0 Å². The van der Waals surface area contributed by atoms with E-state index >= 15 is 0 Å². The van der Waals surface area contributed by atoms with Gasteiger partial charge in [-0.15, -0.1) is 0 Å². The maximum atomic E-state index is 9.00. The van der Waals surface area contributed by atoms with Gasteiger partial charge in [0.25, 0.3) is 5.97 Å². The quantitative estimate of drug-likeness (QED) is 0.443. The summed E-state index contributed by atoms with van der Waals surface area (Å²) < 4.78 is 1.00. The summed E-state index contributed by atoms with van der Waals surface area (Å²) >= 11 is 0. The molecule has 0 saturated carbocycles. The molecule has 0 unspecified atom stereocenters. The summed E-state index contributed by atoms with van der Waals surface area (Å²) in [6.07, 6.45) is 0. The Morgan fingerprint density at radius 3 is 1.18 bits per heavy atom. The van der Waals surface area contributed by atoms with Gasteiger partial charge in [-0.3, -0.25) is 4.79 Å². The van der Waals surface area contributed by atoms with Crippen LogP contribution in [-0.4, -0.2) is 49.2 Å². The molecule has 0 radical (unpaired) electrons. The summed E-state index contributed by atoms with van der Waals surface area (Å²) in [6, 6.07) is 0. The van der Waals surface area contributed by atoms with Crippen molar-refractivity contribution in [3.8, 4) is 0 Å². The third-order valence-corrected chi connectivity index (χ3v) is 0. The summed E-state index contributed by atoms with van der Waals surface area (Å²) in [5.74, 6) is -0.833. The molecule has 0 aromatic carbocycles. The minimum Gasteiger partial charge on any atom is -0.481 e. The van der Waals surface area contributed by atoms with E-state index in [-0.39, 0.29) is 25.0 Å². The maximum absolute atomic E-state index is 9.00. The molecule has 0 heterocycles. The van der Waals surface area contributed by atoms with Crippen LogP contribution in [0.5, 0.6) is 0 Å². The fourth-order valence-corrected chi connectivity index (χ4v) is 0. The molecule has 0 bridgehead atoms. The van der Waals surface area contributed by atoms with Crippen molar-refractivity contribution in [1.29, 1.82) is 0 Å². The van der Waals surface area contributed by atoms with Gasteiger partial charge in [-0.05, 0) is 0 Å². The summed E-state index contributed by atoms with van der Waals surface area (Å²) in [6.45, 7) is 1.08. The van der Waals surface area contributed by atoms with Crippen molar-refractivity contribution >= 4 is 5.97 Å². The molecule has 66 valence electrons. The summed E-state index contributed by atoms with van der Waals surface area (Å²) in [5, 5.41) is 7.42. The molecule has 5 heteroatoms. The Morgan fingerprint density at radius 2 is 1.18 bits per heavy atom. The smallest absolute Gasteiger partial charge is 0.300 e. The molecule has 0 fully saturated rings. The van der Waals surface area contributed by atoms with E-state index in [1.54, 1.807) is 0 Å². The Bertz CT molecular complexity index is 80.3. The van der Waals surface area contributed by atoms with Gasteiger partial charge in [0.1, 0.15) is 0 Å². The van der Waals surface area contributed by atoms with E-state index in [1.165, 1.54) is 0 Å². The Morgan fingerprint density at radius 1 is 1.18 bits per heavy atom. The fraction of sp³-hybridized carbons (Fsp3) is 0.833. The molecule has 0 amide bonds. The maximum Gasteiger partial charge on any atom is 0.300 e. The first kappa shape index (κ1) is 22.5. The molecule has 3 N–H and O–H groups in total. The van der Waals surface area contributed by atoms with Gasteiger partial charge < -0.3 is 15.1 Å². The normalized spacial score (nSPS) is 7.73. The van der Waals surface area contributed by atoms with Crippen LogP contribution in [0.4, 0.5) is 0 Å². The third kappa shape index (κ3) is 3590000. The SMILES string of the molecule is CC(=O)O.C[N+](C)(C)C.O.[Zn]. The van der Waals surface area contributed by atoms with Gasteiger partial charge in [0.2, 0.25) is 0 Å². The van der Waals surface area contributed by atoms with E-state index in [4.69, 9.17) is 9.90 Å². The minimum absolute atomic E-state index is 0. The summed E-state index contributed by atoms with van der Waals surface area (Å²) in [5.41, 5.74) is 0. The van der Waals surface area contributed by atoms with Gasteiger partial charge in [0.05, 0.1) is 28.2 Å². The Kier molecular flexibility index (Phi) is 20.4. The summed E-state index contributed by atoms with van der Waals surface area (Å²) in [7, 11) is 8.50. The van der Waals surface area contributed by atoms with Crippen LogP contribution >= 0.6 is 0 Å². The molecule has 0 aliphatic rings. The summed E-state index contributed by atoms with van der Waals surface area (Å²) in [4.78, 5) is 9.00. The Labute approximate surface area is 80.9 Å². The van der Waals surface area contributed by atoms with E-state index in [0.717, 1.165) is 11.4 Å². The van der Waals surface area contributed by atoms with E-state index in [0.29, 0.717) is 0 Å². The van der Waals surface area contributed by atoms with Crippen LogP contribution in [0.15, 0.2) is 0 Å². The molecule has 11 heavy (non-hydrogen) atoms. The van der Waals surface area contributed by atoms with Gasteiger partial charge in [0.15, 0.2) is 0 Å². The van der Waals surface area contributed by atoms with E-state index in [1.807, 2.05) is 0 Å². The number of hydrogen-bond acceptors (Lipinski definition) is 1. The topological polar surface area (TPSA) is 68.8 Å². The zero-order chi connectivity index (χ0) is 8.08. The number of carboxylic acid groups (broad SMARTS) is 1. The van der Waals surface area contributed by atoms with Crippen molar-refractivity contribution in [2.45, 2.75) is 6.92 Å².